The van der Waals surface area contributed by atoms with E-state index in [1.54, 1.807) is 19.2 Å². The second-order valence-corrected chi connectivity index (χ2v) is 5.88. The molecule has 0 radical (unpaired) electrons. The van der Waals surface area contributed by atoms with Crippen LogP contribution < -0.4 is 20.1 Å². The third-order valence-electron chi connectivity index (χ3n) is 3.96. The Labute approximate surface area is 158 Å². The molecule has 3 aromatic rings. The first-order valence-electron chi connectivity index (χ1n) is 8.74. The normalized spacial score (nSPS) is 10.1. The minimum absolute atomic E-state index is 0.248. The predicted molar refractivity (Wildman–Crippen MR) is 107 cm³/mol. The zero-order valence-electron chi connectivity index (χ0n) is 15.1. The van der Waals surface area contributed by atoms with Crippen LogP contribution in [-0.2, 0) is 6.42 Å². The van der Waals surface area contributed by atoms with Crippen LogP contribution in [0, 0.1) is 0 Å². The molecule has 3 rings (SSSR count). The Hall–Kier alpha value is -3.47. The number of hydrogen-bond donors (Lipinski definition) is 2. The Bertz CT molecular complexity index is 864. The molecule has 0 saturated carbocycles. The van der Waals surface area contributed by atoms with E-state index in [9.17, 15) is 4.79 Å². The summed E-state index contributed by atoms with van der Waals surface area (Å²) in [6.07, 6.45) is 0.696. The van der Waals surface area contributed by atoms with Gasteiger partial charge in [0.05, 0.1) is 7.11 Å². The van der Waals surface area contributed by atoms with Crippen LogP contribution in [0.15, 0.2) is 78.9 Å². The quantitative estimate of drug-likeness (QED) is 0.631. The van der Waals surface area contributed by atoms with Crippen molar-refractivity contribution in [1.29, 1.82) is 0 Å². The molecule has 0 fully saturated rings. The molecule has 27 heavy (non-hydrogen) atoms. The first-order valence-corrected chi connectivity index (χ1v) is 8.74. The van der Waals surface area contributed by atoms with Gasteiger partial charge in [-0.1, -0.05) is 36.4 Å². The summed E-state index contributed by atoms with van der Waals surface area (Å²) >= 11 is 0. The average molecular weight is 362 g/mol. The van der Waals surface area contributed by atoms with Crippen molar-refractivity contribution >= 4 is 11.7 Å². The van der Waals surface area contributed by atoms with E-state index in [1.807, 2.05) is 66.7 Å². The molecule has 2 N–H and O–H groups in total. The second kappa shape index (κ2) is 9.29. The Morgan fingerprint density at radius 2 is 1.52 bits per heavy atom. The number of para-hydroxylation sites is 2. The molecule has 138 valence electrons. The number of rotatable bonds is 7. The summed E-state index contributed by atoms with van der Waals surface area (Å²) in [5.41, 5.74) is 1.76. The number of methoxy groups -OCH3 is 1. The second-order valence-electron chi connectivity index (χ2n) is 5.88. The summed E-state index contributed by atoms with van der Waals surface area (Å²) < 4.78 is 11.0. The van der Waals surface area contributed by atoms with Crippen molar-refractivity contribution in [3.63, 3.8) is 0 Å². The molecular formula is C22H22N2O3. The highest BCUT2D eigenvalue weighted by atomic mass is 16.5. The maximum absolute atomic E-state index is 12.0. The predicted octanol–water partition coefficient (Wildman–Crippen LogP) is 4.85. The maximum Gasteiger partial charge on any atom is 0.319 e. The highest BCUT2D eigenvalue weighted by Crippen LogP contribution is 2.22. The van der Waals surface area contributed by atoms with Gasteiger partial charge in [0, 0.05) is 12.2 Å². The lowest BCUT2D eigenvalue weighted by Gasteiger charge is -2.10. The lowest BCUT2D eigenvalue weighted by Crippen LogP contribution is -2.30. The van der Waals surface area contributed by atoms with E-state index in [4.69, 9.17) is 9.47 Å². The molecule has 0 atom stereocenters. The fourth-order valence-corrected chi connectivity index (χ4v) is 2.63. The Morgan fingerprint density at radius 1 is 0.852 bits per heavy atom. The van der Waals surface area contributed by atoms with Crippen LogP contribution in [0.2, 0.25) is 0 Å². The molecule has 5 nitrogen and oxygen atoms in total. The average Bonchev–Trinajstić information content (AvgIpc) is 2.71. The van der Waals surface area contributed by atoms with E-state index in [2.05, 4.69) is 10.6 Å². The van der Waals surface area contributed by atoms with E-state index in [0.29, 0.717) is 24.4 Å². The standard InChI is InChI=1S/C22H22N2O3/c1-26-21-10-6-5-7-17(21)15-16-23-22(25)24-18-11-13-20(14-12-18)27-19-8-3-2-4-9-19/h2-14H,15-16H2,1H3,(H2,23,24,25). The van der Waals surface area contributed by atoms with Gasteiger partial charge in [-0.3, -0.25) is 0 Å². The van der Waals surface area contributed by atoms with Crippen molar-refractivity contribution in [2.45, 2.75) is 6.42 Å². The Kier molecular flexibility index (Phi) is 6.30. The molecule has 0 aliphatic heterocycles. The number of carbonyl (C=O) groups excluding carboxylic acids is 1. The first kappa shape index (κ1) is 18.3. The first-order chi connectivity index (χ1) is 13.2. The van der Waals surface area contributed by atoms with Crippen molar-refractivity contribution in [2.75, 3.05) is 19.0 Å². The van der Waals surface area contributed by atoms with E-state index in [1.165, 1.54) is 0 Å². The molecule has 0 heterocycles. The van der Waals surface area contributed by atoms with Crippen LogP contribution in [0.1, 0.15) is 5.56 Å². The molecule has 0 aliphatic rings. The van der Waals surface area contributed by atoms with Crippen molar-refractivity contribution in [3.05, 3.63) is 84.4 Å². The number of ether oxygens (including phenoxy) is 2. The molecule has 5 heteroatoms. The van der Waals surface area contributed by atoms with Crippen molar-refractivity contribution in [2.24, 2.45) is 0 Å². The minimum Gasteiger partial charge on any atom is -0.496 e. The highest BCUT2D eigenvalue weighted by molar-refractivity contribution is 5.89. The van der Waals surface area contributed by atoms with Crippen LogP contribution >= 0.6 is 0 Å². The summed E-state index contributed by atoms with van der Waals surface area (Å²) in [5.74, 6) is 2.31. The van der Waals surface area contributed by atoms with Gasteiger partial charge in [-0.15, -0.1) is 0 Å². The summed E-state index contributed by atoms with van der Waals surface area (Å²) in [4.78, 5) is 12.0. The molecule has 0 bridgehead atoms. The van der Waals surface area contributed by atoms with Gasteiger partial charge in [0.1, 0.15) is 17.2 Å². The monoisotopic (exact) mass is 362 g/mol. The molecule has 0 aliphatic carbocycles. The molecule has 0 aromatic heterocycles. The highest BCUT2D eigenvalue weighted by Gasteiger charge is 2.05. The fourth-order valence-electron chi connectivity index (χ4n) is 2.63. The van der Waals surface area contributed by atoms with E-state index in [0.717, 1.165) is 17.1 Å². The number of anilines is 1. The molecular weight excluding hydrogens is 340 g/mol. The number of nitrogens with one attached hydrogen (secondary N) is 2. The molecule has 3 aromatic carbocycles. The number of urea groups is 1. The third-order valence-corrected chi connectivity index (χ3v) is 3.96. The largest absolute Gasteiger partial charge is 0.496 e. The zero-order chi connectivity index (χ0) is 18.9. The summed E-state index contributed by atoms with van der Waals surface area (Å²) in [7, 11) is 1.64. The smallest absolute Gasteiger partial charge is 0.319 e. The molecule has 0 unspecified atom stereocenters. The Morgan fingerprint density at radius 3 is 2.26 bits per heavy atom. The Balaban J connectivity index is 1.46. The van der Waals surface area contributed by atoms with Crippen LogP contribution in [0.3, 0.4) is 0 Å². The molecule has 2 amide bonds. The number of amides is 2. The zero-order valence-corrected chi connectivity index (χ0v) is 15.1. The van der Waals surface area contributed by atoms with Gasteiger partial charge in [0.15, 0.2) is 0 Å². The van der Waals surface area contributed by atoms with Gasteiger partial charge < -0.3 is 20.1 Å². The molecule has 0 saturated heterocycles. The fraction of sp³-hybridized carbons (Fsp3) is 0.136. The molecule has 0 spiro atoms. The topological polar surface area (TPSA) is 59.6 Å². The number of benzene rings is 3. The van der Waals surface area contributed by atoms with Crippen LogP contribution in [-0.4, -0.2) is 19.7 Å². The minimum atomic E-state index is -0.248. The number of carbonyl (C=O) groups is 1. The summed E-state index contributed by atoms with van der Waals surface area (Å²) in [6.45, 7) is 0.515. The van der Waals surface area contributed by atoms with Gasteiger partial charge in [-0.2, -0.15) is 0 Å². The van der Waals surface area contributed by atoms with Crippen molar-refractivity contribution in [3.8, 4) is 17.2 Å². The number of hydrogen-bond acceptors (Lipinski definition) is 3. The lowest BCUT2D eigenvalue weighted by molar-refractivity contribution is 0.252. The SMILES string of the molecule is COc1ccccc1CCNC(=O)Nc1ccc(Oc2ccccc2)cc1. The third kappa shape index (κ3) is 5.51. The summed E-state index contributed by atoms with van der Waals surface area (Å²) in [5, 5.41) is 5.66. The lowest BCUT2D eigenvalue weighted by atomic mass is 10.1. The van der Waals surface area contributed by atoms with Gasteiger partial charge in [-0.25, -0.2) is 4.79 Å². The maximum atomic E-state index is 12.0. The van der Waals surface area contributed by atoms with Crippen molar-refractivity contribution < 1.29 is 14.3 Å². The van der Waals surface area contributed by atoms with E-state index < -0.39 is 0 Å². The van der Waals surface area contributed by atoms with Crippen LogP contribution in [0.4, 0.5) is 10.5 Å². The van der Waals surface area contributed by atoms with Gasteiger partial charge in [0.25, 0.3) is 0 Å². The van der Waals surface area contributed by atoms with Crippen molar-refractivity contribution in [1.82, 2.24) is 5.32 Å². The summed E-state index contributed by atoms with van der Waals surface area (Å²) in [6, 6.07) is 24.3. The van der Waals surface area contributed by atoms with Crippen LogP contribution in [0.5, 0.6) is 17.2 Å². The van der Waals surface area contributed by atoms with E-state index >= 15 is 0 Å². The van der Waals surface area contributed by atoms with Gasteiger partial charge >= 0.3 is 6.03 Å². The van der Waals surface area contributed by atoms with Crippen LogP contribution in [0.25, 0.3) is 0 Å². The van der Waals surface area contributed by atoms with E-state index in [-0.39, 0.29) is 6.03 Å². The van der Waals surface area contributed by atoms with Gasteiger partial charge in [0.2, 0.25) is 0 Å². The van der Waals surface area contributed by atoms with Gasteiger partial charge in [-0.05, 0) is 54.4 Å².